The van der Waals surface area contributed by atoms with Crippen LogP contribution < -0.4 is 5.73 Å². The van der Waals surface area contributed by atoms with E-state index in [1.165, 1.54) is 5.69 Å². The van der Waals surface area contributed by atoms with Gasteiger partial charge in [-0.1, -0.05) is 0 Å². The summed E-state index contributed by atoms with van der Waals surface area (Å²) in [5.41, 5.74) is 7.75. The fraction of sp³-hybridized carbons (Fsp3) is 0.625. The SMILES string of the molecule is CCn1nc(C)c(Br)c1CCN. The number of nitrogens with zero attached hydrogens (tertiary/aromatic N) is 2. The topological polar surface area (TPSA) is 43.8 Å². The minimum atomic E-state index is 0.670. The highest BCUT2D eigenvalue weighted by Crippen LogP contribution is 2.20. The van der Waals surface area contributed by atoms with Crippen molar-refractivity contribution in [3.63, 3.8) is 0 Å². The summed E-state index contributed by atoms with van der Waals surface area (Å²) in [6.45, 7) is 5.65. The van der Waals surface area contributed by atoms with Crippen molar-refractivity contribution in [2.75, 3.05) is 6.54 Å². The maximum atomic E-state index is 5.50. The van der Waals surface area contributed by atoms with Crippen LogP contribution in [0.25, 0.3) is 0 Å². The average Bonchev–Trinajstić information content (AvgIpc) is 2.33. The summed E-state index contributed by atoms with van der Waals surface area (Å²) in [7, 11) is 0. The van der Waals surface area contributed by atoms with Crippen LogP contribution in [0.1, 0.15) is 18.3 Å². The van der Waals surface area contributed by atoms with Gasteiger partial charge in [-0.05, 0) is 36.3 Å². The third-order valence-corrected chi connectivity index (χ3v) is 2.87. The Morgan fingerprint density at radius 2 is 2.25 bits per heavy atom. The van der Waals surface area contributed by atoms with E-state index >= 15 is 0 Å². The minimum absolute atomic E-state index is 0.670. The van der Waals surface area contributed by atoms with Crippen molar-refractivity contribution in [1.82, 2.24) is 9.78 Å². The number of aryl methyl sites for hydroxylation is 2. The van der Waals surface area contributed by atoms with E-state index in [1.54, 1.807) is 0 Å². The van der Waals surface area contributed by atoms with Gasteiger partial charge in [0.1, 0.15) is 0 Å². The lowest BCUT2D eigenvalue weighted by Gasteiger charge is -2.02. The first-order valence-electron chi connectivity index (χ1n) is 4.12. The van der Waals surface area contributed by atoms with Crippen LogP contribution in [0.5, 0.6) is 0 Å². The summed E-state index contributed by atoms with van der Waals surface area (Å²) in [5.74, 6) is 0. The zero-order chi connectivity index (χ0) is 9.14. The number of rotatable bonds is 3. The van der Waals surface area contributed by atoms with Crippen molar-refractivity contribution in [3.05, 3.63) is 15.9 Å². The molecule has 1 rings (SSSR count). The van der Waals surface area contributed by atoms with E-state index in [4.69, 9.17) is 5.73 Å². The molecule has 0 radical (unpaired) electrons. The molecule has 0 spiro atoms. The van der Waals surface area contributed by atoms with Crippen LogP contribution in [0.3, 0.4) is 0 Å². The van der Waals surface area contributed by atoms with Gasteiger partial charge >= 0.3 is 0 Å². The minimum Gasteiger partial charge on any atom is -0.330 e. The number of hydrogen-bond acceptors (Lipinski definition) is 2. The first kappa shape index (κ1) is 9.74. The van der Waals surface area contributed by atoms with Crippen molar-refractivity contribution in [2.24, 2.45) is 5.73 Å². The largest absolute Gasteiger partial charge is 0.330 e. The van der Waals surface area contributed by atoms with Gasteiger partial charge in [-0.15, -0.1) is 0 Å². The molecule has 12 heavy (non-hydrogen) atoms. The third-order valence-electron chi connectivity index (χ3n) is 1.83. The molecule has 0 fully saturated rings. The number of hydrogen-bond donors (Lipinski definition) is 1. The Kier molecular flexibility index (Phi) is 3.29. The molecule has 0 unspecified atom stereocenters. The third kappa shape index (κ3) is 1.69. The summed E-state index contributed by atoms with van der Waals surface area (Å²) in [4.78, 5) is 0. The van der Waals surface area contributed by atoms with Crippen LogP contribution >= 0.6 is 15.9 Å². The van der Waals surface area contributed by atoms with Gasteiger partial charge in [-0.3, -0.25) is 4.68 Å². The summed E-state index contributed by atoms with van der Waals surface area (Å²) < 4.78 is 3.10. The molecular weight excluding hydrogens is 218 g/mol. The molecule has 0 atom stereocenters. The predicted octanol–water partition coefficient (Wildman–Crippen LogP) is 1.48. The lowest BCUT2D eigenvalue weighted by molar-refractivity contribution is 0.615. The molecule has 2 N–H and O–H groups in total. The zero-order valence-corrected chi connectivity index (χ0v) is 9.06. The van der Waals surface area contributed by atoms with Gasteiger partial charge in [0.05, 0.1) is 15.9 Å². The highest BCUT2D eigenvalue weighted by atomic mass is 79.9. The zero-order valence-electron chi connectivity index (χ0n) is 7.47. The molecule has 1 aromatic rings. The summed E-state index contributed by atoms with van der Waals surface area (Å²) >= 11 is 3.50. The monoisotopic (exact) mass is 231 g/mol. The quantitative estimate of drug-likeness (QED) is 0.857. The molecule has 0 aliphatic heterocycles. The van der Waals surface area contributed by atoms with Gasteiger partial charge in [-0.2, -0.15) is 5.10 Å². The van der Waals surface area contributed by atoms with Crippen molar-refractivity contribution in [2.45, 2.75) is 26.8 Å². The number of halogens is 1. The molecule has 1 heterocycles. The summed E-state index contributed by atoms with van der Waals surface area (Å²) in [6.07, 6.45) is 0.884. The Morgan fingerprint density at radius 3 is 2.75 bits per heavy atom. The normalized spacial score (nSPS) is 10.7. The Balaban J connectivity index is 3.03. The van der Waals surface area contributed by atoms with Gasteiger partial charge in [-0.25, -0.2) is 0 Å². The second-order valence-electron chi connectivity index (χ2n) is 2.70. The Morgan fingerprint density at radius 1 is 1.58 bits per heavy atom. The molecule has 1 aromatic heterocycles. The number of aromatic nitrogens is 2. The maximum Gasteiger partial charge on any atom is 0.0738 e. The molecule has 0 aliphatic carbocycles. The predicted molar refractivity (Wildman–Crippen MR) is 53.1 cm³/mol. The van der Waals surface area contributed by atoms with Crippen LogP contribution in [0.4, 0.5) is 0 Å². The summed E-state index contributed by atoms with van der Waals surface area (Å²) in [6, 6.07) is 0. The van der Waals surface area contributed by atoms with E-state index in [0.717, 1.165) is 23.1 Å². The van der Waals surface area contributed by atoms with E-state index in [-0.39, 0.29) is 0 Å². The van der Waals surface area contributed by atoms with Gasteiger partial charge in [0.25, 0.3) is 0 Å². The van der Waals surface area contributed by atoms with E-state index in [1.807, 2.05) is 11.6 Å². The smallest absolute Gasteiger partial charge is 0.0738 e. The molecular formula is C8H14BrN3. The standard InChI is InChI=1S/C8H14BrN3/c1-3-12-7(4-5-10)8(9)6(2)11-12/h3-5,10H2,1-2H3. The second-order valence-corrected chi connectivity index (χ2v) is 3.49. The van der Waals surface area contributed by atoms with Crippen molar-refractivity contribution in [1.29, 1.82) is 0 Å². The molecule has 0 aliphatic rings. The van der Waals surface area contributed by atoms with Gasteiger partial charge in [0, 0.05) is 13.0 Å². The van der Waals surface area contributed by atoms with Gasteiger partial charge in [0.15, 0.2) is 0 Å². The molecule has 0 bridgehead atoms. The second kappa shape index (κ2) is 4.05. The van der Waals surface area contributed by atoms with Crippen LogP contribution in [0, 0.1) is 6.92 Å². The lowest BCUT2D eigenvalue weighted by Crippen LogP contribution is -2.09. The maximum absolute atomic E-state index is 5.50. The Bertz CT molecular complexity index is 268. The van der Waals surface area contributed by atoms with Crippen LogP contribution in [-0.4, -0.2) is 16.3 Å². The van der Waals surface area contributed by atoms with E-state index in [0.29, 0.717) is 6.54 Å². The lowest BCUT2D eigenvalue weighted by atomic mass is 10.3. The first-order valence-corrected chi connectivity index (χ1v) is 4.91. The molecule has 0 saturated carbocycles. The average molecular weight is 232 g/mol. The molecule has 0 amide bonds. The first-order chi connectivity index (χ1) is 5.70. The van der Waals surface area contributed by atoms with E-state index in [9.17, 15) is 0 Å². The van der Waals surface area contributed by atoms with Crippen molar-refractivity contribution in [3.8, 4) is 0 Å². The van der Waals surface area contributed by atoms with Crippen molar-refractivity contribution >= 4 is 15.9 Å². The Hall–Kier alpha value is -0.350. The van der Waals surface area contributed by atoms with Crippen LogP contribution in [-0.2, 0) is 13.0 Å². The van der Waals surface area contributed by atoms with Crippen LogP contribution in [0.15, 0.2) is 4.47 Å². The van der Waals surface area contributed by atoms with Gasteiger partial charge < -0.3 is 5.73 Å². The highest BCUT2D eigenvalue weighted by molar-refractivity contribution is 9.10. The molecule has 0 aromatic carbocycles. The van der Waals surface area contributed by atoms with E-state index in [2.05, 4.69) is 28.0 Å². The summed E-state index contributed by atoms with van der Waals surface area (Å²) in [5, 5.41) is 4.36. The molecule has 3 nitrogen and oxygen atoms in total. The molecule has 4 heteroatoms. The number of nitrogens with two attached hydrogens (primary N) is 1. The van der Waals surface area contributed by atoms with Crippen molar-refractivity contribution < 1.29 is 0 Å². The fourth-order valence-electron chi connectivity index (χ4n) is 1.24. The molecule has 68 valence electrons. The van der Waals surface area contributed by atoms with Crippen LogP contribution in [0.2, 0.25) is 0 Å². The van der Waals surface area contributed by atoms with Gasteiger partial charge in [0.2, 0.25) is 0 Å². The molecule has 0 saturated heterocycles. The Labute approximate surface area is 81.1 Å². The van der Waals surface area contributed by atoms with E-state index < -0.39 is 0 Å². The highest BCUT2D eigenvalue weighted by Gasteiger charge is 2.09. The fourth-order valence-corrected chi connectivity index (χ4v) is 1.73.